The molecule has 0 aliphatic carbocycles. The van der Waals surface area contributed by atoms with Crippen LogP contribution < -0.4 is 5.32 Å². The van der Waals surface area contributed by atoms with Crippen LogP contribution in [0.4, 0.5) is 8.78 Å². The van der Waals surface area contributed by atoms with Crippen molar-refractivity contribution in [1.82, 2.24) is 10.2 Å². The van der Waals surface area contributed by atoms with Gasteiger partial charge < -0.3 is 10.4 Å². The molecule has 0 spiro atoms. The number of benzene rings is 1. The van der Waals surface area contributed by atoms with Gasteiger partial charge in [-0.25, -0.2) is 8.78 Å². The van der Waals surface area contributed by atoms with Crippen LogP contribution in [0.2, 0.25) is 5.02 Å². The van der Waals surface area contributed by atoms with Gasteiger partial charge in [0.05, 0.1) is 5.02 Å². The Hall–Kier alpha value is -0.460. The Bertz CT molecular complexity index is 457. The predicted octanol–water partition coefficient (Wildman–Crippen LogP) is 2.76. The van der Waals surface area contributed by atoms with Gasteiger partial charge in [0.1, 0.15) is 11.6 Å². The zero-order chi connectivity index (χ0) is 14.5. The molecular weight excluding hydrogens is 321 g/mol. The van der Waals surface area contributed by atoms with Crippen molar-refractivity contribution in [2.75, 3.05) is 32.8 Å². The van der Waals surface area contributed by atoms with Gasteiger partial charge in [-0.05, 0) is 25.0 Å². The van der Waals surface area contributed by atoms with E-state index in [4.69, 9.17) is 16.7 Å². The van der Waals surface area contributed by atoms with E-state index in [1.807, 2.05) is 4.90 Å². The molecule has 2 rings (SSSR count). The quantitative estimate of drug-likeness (QED) is 0.809. The van der Waals surface area contributed by atoms with Crippen molar-refractivity contribution in [3.05, 3.63) is 34.4 Å². The van der Waals surface area contributed by atoms with Gasteiger partial charge in [0.25, 0.3) is 0 Å². The molecule has 1 fully saturated rings. The molecule has 0 aromatic heterocycles. The van der Waals surface area contributed by atoms with E-state index in [0.29, 0.717) is 12.8 Å². The second-order valence-electron chi connectivity index (χ2n) is 4.92. The fourth-order valence-electron chi connectivity index (χ4n) is 2.64. The third-order valence-corrected chi connectivity index (χ3v) is 3.93. The molecule has 120 valence electrons. The van der Waals surface area contributed by atoms with Gasteiger partial charge in [0.2, 0.25) is 0 Å². The van der Waals surface area contributed by atoms with Crippen LogP contribution >= 0.6 is 24.0 Å². The number of aliphatic hydroxyl groups is 1. The van der Waals surface area contributed by atoms with Gasteiger partial charge in [0, 0.05) is 44.4 Å². The van der Waals surface area contributed by atoms with Crippen LogP contribution in [0.1, 0.15) is 24.4 Å². The minimum Gasteiger partial charge on any atom is -0.396 e. The van der Waals surface area contributed by atoms with Crippen molar-refractivity contribution in [2.24, 2.45) is 0 Å². The van der Waals surface area contributed by atoms with E-state index in [2.05, 4.69) is 5.32 Å². The summed E-state index contributed by atoms with van der Waals surface area (Å²) in [5.41, 5.74) is 0.0212. The smallest absolute Gasteiger partial charge is 0.149 e. The number of nitrogens with one attached hydrogen (secondary N) is 1. The van der Waals surface area contributed by atoms with Crippen molar-refractivity contribution in [3.8, 4) is 0 Å². The summed E-state index contributed by atoms with van der Waals surface area (Å²) < 4.78 is 28.3. The Morgan fingerprint density at radius 2 is 1.95 bits per heavy atom. The first-order chi connectivity index (χ1) is 9.65. The predicted molar refractivity (Wildman–Crippen MR) is 82.1 cm³/mol. The molecule has 0 saturated carbocycles. The lowest BCUT2D eigenvalue weighted by Crippen LogP contribution is -2.45. The van der Waals surface area contributed by atoms with E-state index in [0.717, 1.165) is 26.2 Å². The number of nitrogens with zero attached hydrogens (tertiary/aromatic N) is 1. The van der Waals surface area contributed by atoms with Crippen molar-refractivity contribution < 1.29 is 13.9 Å². The molecule has 1 aromatic rings. The number of aliphatic hydroxyl groups excluding tert-OH is 1. The third-order valence-electron chi connectivity index (χ3n) is 3.64. The SMILES string of the molecule is Cl.OCCC[C@@H](c1c(F)ccc(Cl)c1F)N1CCNCC1. The van der Waals surface area contributed by atoms with Gasteiger partial charge in [-0.2, -0.15) is 0 Å². The first kappa shape index (κ1) is 18.6. The molecule has 1 aromatic carbocycles. The molecule has 0 amide bonds. The van der Waals surface area contributed by atoms with Gasteiger partial charge in [-0.3, -0.25) is 4.90 Å². The average molecular weight is 341 g/mol. The molecule has 2 N–H and O–H groups in total. The maximum atomic E-state index is 14.2. The maximum absolute atomic E-state index is 14.2. The average Bonchev–Trinajstić information content (AvgIpc) is 2.47. The van der Waals surface area contributed by atoms with Gasteiger partial charge >= 0.3 is 0 Å². The summed E-state index contributed by atoms with van der Waals surface area (Å²) in [5, 5.41) is 12.2. The van der Waals surface area contributed by atoms with E-state index < -0.39 is 11.6 Å². The highest BCUT2D eigenvalue weighted by Gasteiger charge is 2.28. The number of piperazine rings is 1. The highest BCUT2D eigenvalue weighted by molar-refractivity contribution is 6.30. The van der Waals surface area contributed by atoms with Crippen molar-refractivity contribution in [2.45, 2.75) is 18.9 Å². The van der Waals surface area contributed by atoms with E-state index in [1.54, 1.807) is 0 Å². The minimum atomic E-state index is -0.687. The standard InChI is InChI=1S/C14H19ClF2N2O.ClH/c15-10-3-4-11(16)13(14(10)17)12(2-1-9-20)19-7-5-18-6-8-19;/h3-4,12,18,20H,1-2,5-9H2;1H/t12-;/m0./s1. The van der Waals surface area contributed by atoms with Crippen LogP contribution in [0, 0.1) is 11.6 Å². The number of hydrogen-bond donors (Lipinski definition) is 2. The lowest BCUT2D eigenvalue weighted by molar-refractivity contribution is 0.148. The fourth-order valence-corrected chi connectivity index (χ4v) is 2.80. The zero-order valence-electron chi connectivity index (χ0n) is 11.6. The Morgan fingerprint density at radius 3 is 2.57 bits per heavy atom. The molecule has 7 heteroatoms. The molecule has 1 aliphatic heterocycles. The Labute approximate surface area is 134 Å². The van der Waals surface area contributed by atoms with Crippen LogP contribution in [0.15, 0.2) is 12.1 Å². The summed E-state index contributed by atoms with van der Waals surface area (Å²) in [6.45, 7) is 3.04. The zero-order valence-corrected chi connectivity index (χ0v) is 13.2. The first-order valence-electron chi connectivity index (χ1n) is 6.84. The topological polar surface area (TPSA) is 35.5 Å². The fraction of sp³-hybridized carbons (Fsp3) is 0.571. The van der Waals surface area contributed by atoms with Crippen molar-refractivity contribution >= 4 is 24.0 Å². The van der Waals surface area contributed by atoms with Crippen molar-refractivity contribution in [3.63, 3.8) is 0 Å². The van der Waals surface area contributed by atoms with Crippen LogP contribution in [0.3, 0.4) is 0 Å². The van der Waals surface area contributed by atoms with Crippen LogP contribution in [-0.4, -0.2) is 42.8 Å². The van der Waals surface area contributed by atoms with Crippen molar-refractivity contribution in [1.29, 1.82) is 0 Å². The second kappa shape index (κ2) is 8.86. The largest absolute Gasteiger partial charge is 0.396 e. The van der Waals surface area contributed by atoms with Crippen LogP contribution in [-0.2, 0) is 0 Å². The summed E-state index contributed by atoms with van der Waals surface area (Å²) in [6, 6.07) is 2.05. The molecule has 21 heavy (non-hydrogen) atoms. The Morgan fingerprint density at radius 1 is 1.29 bits per heavy atom. The Kier molecular flexibility index (Phi) is 7.84. The number of rotatable bonds is 5. The normalized spacial score (nSPS) is 17.3. The minimum absolute atomic E-state index is 0. The first-order valence-corrected chi connectivity index (χ1v) is 7.22. The molecular formula is C14H20Cl2F2N2O. The Balaban J connectivity index is 0.00000220. The highest BCUT2D eigenvalue weighted by Crippen LogP contribution is 2.33. The molecule has 3 nitrogen and oxygen atoms in total. The number of halogens is 4. The molecule has 1 saturated heterocycles. The highest BCUT2D eigenvalue weighted by atomic mass is 35.5. The molecule has 1 atom stereocenters. The van der Waals surface area contributed by atoms with E-state index >= 15 is 0 Å². The van der Waals surface area contributed by atoms with Crippen LogP contribution in [0.25, 0.3) is 0 Å². The third kappa shape index (κ3) is 4.50. The van der Waals surface area contributed by atoms with Gasteiger partial charge in [-0.15, -0.1) is 12.4 Å². The van der Waals surface area contributed by atoms with Gasteiger partial charge in [-0.1, -0.05) is 11.6 Å². The van der Waals surface area contributed by atoms with Crippen LogP contribution in [0.5, 0.6) is 0 Å². The summed E-state index contributed by atoms with van der Waals surface area (Å²) >= 11 is 5.78. The lowest BCUT2D eigenvalue weighted by Gasteiger charge is -2.35. The maximum Gasteiger partial charge on any atom is 0.149 e. The summed E-state index contributed by atoms with van der Waals surface area (Å²) in [4.78, 5) is 2.05. The van der Waals surface area contributed by atoms with E-state index in [9.17, 15) is 8.78 Å². The second-order valence-corrected chi connectivity index (χ2v) is 5.33. The molecule has 1 heterocycles. The van der Waals surface area contributed by atoms with E-state index in [-0.39, 0.29) is 35.6 Å². The monoisotopic (exact) mass is 340 g/mol. The summed E-state index contributed by atoms with van der Waals surface area (Å²) in [6.07, 6.45) is 1.00. The summed E-state index contributed by atoms with van der Waals surface area (Å²) in [7, 11) is 0. The molecule has 0 bridgehead atoms. The lowest BCUT2D eigenvalue weighted by atomic mass is 9.98. The molecule has 0 unspecified atom stereocenters. The van der Waals surface area contributed by atoms with Gasteiger partial charge in [0.15, 0.2) is 0 Å². The number of hydrogen-bond acceptors (Lipinski definition) is 3. The van der Waals surface area contributed by atoms with E-state index in [1.165, 1.54) is 12.1 Å². The summed E-state index contributed by atoms with van der Waals surface area (Å²) in [5.74, 6) is -1.26. The molecule has 1 aliphatic rings. The molecule has 0 radical (unpaired) electrons.